The van der Waals surface area contributed by atoms with Gasteiger partial charge in [0.2, 0.25) is 0 Å². The summed E-state index contributed by atoms with van der Waals surface area (Å²) in [5.41, 5.74) is 1.80. The van der Waals surface area contributed by atoms with E-state index in [-0.39, 0.29) is 5.91 Å². The van der Waals surface area contributed by atoms with Crippen molar-refractivity contribution in [3.63, 3.8) is 0 Å². The minimum absolute atomic E-state index is 0.0336. The lowest BCUT2D eigenvalue weighted by Crippen LogP contribution is -2.39. The lowest BCUT2D eigenvalue weighted by Gasteiger charge is -2.37. The molecule has 1 aromatic rings. The Morgan fingerprint density at radius 3 is 2.77 bits per heavy atom. The summed E-state index contributed by atoms with van der Waals surface area (Å²) in [6.45, 7) is 3.32. The Morgan fingerprint density at radius 1 is 1.23 bits per heavy atom. The number of hydrogen-bond acceptors (Lipinski definition) is 3. The summed E-state index contributed by atoms with van der Waals surface area (Å²) in [6.07, 6.45) is 13.2. The Labute approximate surface area is 133 Å². The molecule has 0 spiro atoms. The van der Waals surface area contributed by atoms with Crippen LogP contribution in [0.3, 0.4) is 0 Å². The van der Waals surface area contributed by atoms with Gasteiger partial charge in [-0.15, -0.1) is 0 Å². The average molecular weight is 301 g/mol. The van der Waals surface area contributed by atoms with Crippen LogP contribution >= 0.6 is 0 Å². The molecule has 0 bridgehead atoms. The first-order chi connectivity index (χ1) is 10.8. The number of hydrogen-bond donors (Lipinski definition) is 1. The topological polar surface area (TPSA) is 45.2 Å². The van der Waals surface area contributed by atoms with Crippen molar-refractivity contribution < 1.29 is 4.79 Å². The maximum absolute atomic E-state index is 12.4. The first-order valence-electron chi connectivity index (χ1n) is 8.80. The van der Waals surface area contributed by atoms with E-state index in [4.69, 9.17) is 0 Å². The van der Waals surface area contributed by atoms with Gasteiger partial charge in [0.15, 0.2) is 0 Å². The number of piperidine rings is 1. The number of anilines is 1. The minimum atomic E-state index is 0.0336. The number of rotatable bonds is 4. The second kappa shape index (κ2) is 7.12. The largest absolute Gasteiger partial charge is 0.367 e. The first kappa shape index (κ1) is 15.3. The Kier molecular flexibility index (Phi) is 4.96. The second-order valence-corrected chi connectivity index (χ2v) is 6.64. The van der Waals surface area contributed by atoms with Gasteiger partial charge in [-0.2, -0.15) is 0 Å². The van der Waals surface area contributed by atoms with Crippen LogP contribution in [0, 0.1) is 0 Å². The molecule has 120 valence electrons. The van der Waals surface area contributed by atoms with Crippen molar-refractivity contribution in [3.05, 3.63) is 24.0 Å². The van der Waals surface area contributed by atoms with E-state index in [0.717, 1.165) is 31.5 Å². The minimum Gasteiger partial charge on any atom is -0.367 e. The molecule has 22 heavy (non-hydrogen) atoms. The smallest absolute Gasteiger partial charge is 0.253 e. The van der Waals surface area contributed by atoms with E-state index in [2.05, 4.69) is 22.1 Å². The summed E-state index contributed by atoms with van der Waals surface area (Å²) < 4.78 is 0. The number of nitrogens with one attached hydrogen (secondary N) is 1. The number of nitrogens with zero attached hydrogens (tertiary/aromatic N) is 2. The van der Waals surface area contributed by atoms with Crippen LogP contribution in [-0.2, 0) is 0 Å². The fourth-order valence-corrected chi connectivity index (χ4v) is 3.81. The van der Waals surface area contributed by atoms with Crippen LogP contribution in [0.4, 0.5) is 5.69 Å². The summed E-state index contributed by atoms with van der Waals surface area (Å²) >= 11 is 0. The van der Waals surface area contributed by atoms with Gasteiger partial charge >= 0.3 is 0 Å². The lowest BCUT2D eigenvalue weighted by atomic mass is 9.99. The van der Waals surface area contributed by atoms with Crippen molar-refractivity contribution in [2.24, 2.45) is 0 Å². The van der Waals surface area contributed by atoms with Crippen LogP contribution < -0.4 is 10.2 Å². The fourth-order valence-electron chi connectivity index (χ4n) is 3.81. The van der Waals surface area contributed by atoms with Gasteiger partial charge in [-0.3, -0.25) is 9.78 Å². The third-order valence-electron chi connectivity index (χ3n) is 5.11. The molecule has 4 heteroatoms. The third-order valence-corrected chi connectivity index (χ3v) is 5.11. The molecule has 1 aliphatic carbocycles. The second-order valence-electron chi connectivity index (χ2n) is 6.64. The highest BCUT2D eigenvalue weighted by molar-refractivity contribution is 5.95. The molecule has 0 aromatic carbocycles. The number of amides is 1. The number of carbonyl (C=O) groups excluding carboxylic acids is 1. The Morgan fingerprint density at radius 2 is 2.00 bits per heavy atom. The van der Waals surface area contributed by atoms with Crippen molar-refractivity contribution in [2.45, 2.75) is 70.4 Å². The highest BCUT2D eigenvalue weighted by Gasteiger charge is 2.23. The van der Waals surface area contributed by atoms with E-state index in [1.54, 1.807) is 6.20 Å². The number of carbonyl (C=O) groups is 1. The van der Waals surface area contributed by atoms with E-state index < -0.39 is 0 Å². The molecular weight excluding hydrogens is 274 g/mol. The van der Waals surface area contributed by atoms with Gasteiger partial charge < -0.3 is 10.2 Å². The maximum Gasteiger partial charge on any atom is 0.253 e. The molecule has 4 nitrogen and oxygen atoms in total. The molecule has 0 radical (unpaired) electrons. The maximum atomic E-state index is 12.4. The van der Waals surface area contributed by atoms with Crippen molar-refractivity contribution >= 4 is 11.6 Å². The van der Waals surface area contributed by atoms with Gasteiger partial charge in [0.1, 0.15) is 0 Å². The lowest BCUT2D eigenvalue weighted by molar-refractivity contribution is 0.0937. The molecule has 2 heterocycles. The Bertz CT molecular complexity index is 511. The summed E-state index contributed by atoms with van der Waals surface area (Å²) in [5, 5.41) is 3.15. The van der Waals surface area contributed by atoms with Crippen LogP contribution in [0.1, 0.15) is 68.6 Å². The van der Waals surface area contributed by atoms with Crippen molar-refractivity contribution in [1.29, 1.82) is 0 Å². The number of aromatic nitrogens is 1. The Balaban J connectivity index is 1.72. The van der Waals surface area contributed by atoms with Crippen molar-refractivity contribution in [2.75, 3.05) is 11.4 Å². The van der Waals surface area contributed by atoms with E-state index in [0.29, 0.717) is 17.6 Å². The van der Waals surface area contributed by atoms with Crippen LogP contribution in [0.5, 0.6) is 0 Å². The molecule has 1 unspecified atom stereocenters. The summed E-state index contributed by atoms with van der Waals surface area (Å²) in [6, 6.07) is 2.96. The van der Waals surface area contributed by atoms with E-state index in [9.17, 15) is 4.79 Å². The molecule has 1 N–H and O–H groups in total. The molecule has 1 aromatic heterocycles. The van der Waals surface area contributed by atoms with Crippen LogP contribution in [0.25, 0.3) is 0 Å². The fraction of sp³-hybridized carbons (Fsp3) is 0.667. The molecule has 1 saturated heterocycles. The molecular formula is C18H27N3O. The normalized spacial score (nSPS) is 22.8. The third kappa shape index (κ3) is 3.42. The summed E-state index contributed by atoms with van der Waals surface area (Å²) in [7, 11) is 0. The first-order valence-corrected chi connectivity index (χ1v) is 8.80. The number of pyridine rings is 1. The van der Waals surface area contributed by atoms with Crippen molar-refractivity contribution in [1.82, 2.24) is 10.3 Å². The standard InChI is InChI=1S/C18H27N3O/c1-2-16-9-5-6-10-21(16)17-11-14(12-19-13-17)18(22)20-15-7-3-4-8-15/h11-13,15-16H,2-10H2,1H3,(H,20,22). The van der Waals surface area contributed by atoms with Gasteiger partial charge in [0.05, 0.1) is 17.4 Å². The zero-order chi connectivity index (χ0) is 15.4. The predicted octanol–water partition coefficient (Wildman–Crippen LogP) is 3.52. The Hall–Kier alpha value is -1.58. The average Bonchev–Trinajstić information content (AvgIpc) is 3.08. The zero-order valence-corrected chi connectivity index (χ0v) is 13.6. The van der Waals surface area contributed by atoms with Crippen LogP contribution in [-0.4, -0.2) is 29.5 Å². The highest BCUT2D eigenvalue weighted by atomic mass is 16.1. The quantitative estimate of drug-likeness (QED) is 0.925. The van der Waals surface area contributed by atoms with Gasteiger partial charge in [0, 0.05) is 24.8 Å². The molecule has 1 atom stereocenters. The molecule has 1 aliphatic heterocycles. The SMILES string of the molecule is CCC1CCCCN1c1cncc(C(=O)NC2CCCC2)c1. The van der Waals surface area contributed by atoms with Crippen molar-refractivity contribution in [3.8, 4) is 0 Å². The monoisotopic (exact) mass is 301 g/mol. The molecule has 1 amide bonds. The van der Waals surface area contributed by atoms with E-state index in [1.165, 1.54) is 32.1 Å². The van der Waals surface area contributed by atoms with Gasteiger partial charge in [0.25, 0.3) is 5.91 Å². The summed E-state index contributed by atoms with van der Waals surface area (Å²) in [5.74, 6) is 0.0336. The molecule has 1 saturated carbocycles. The molecule has 3 rings (SSSR count). The highest BCUT2D eigenvalue weighted by Crippen LogP contribution is 2.26. The van der Waals surface area contributed by atoms with Gasteiger partial charge in [-0.25, -0.2) is 0 Å². The van der Waals surface area contributed by atoms with Crippen LogP contribution in [0.15, 0.2) is 18.5 Å². The van der Waals surface area contributed by atoms with Gasteiger partial charge in [-0.1, -0.05) is 19.8 Å². The van der Waals surface area contributed by atoms with E-state index in [1.807, 2.05) is 12.3 Å². The van der Waals surface area contributed by atoms with Gasteiger partial charge in [-0.05, 0) is 44.6 Å². The zero-order valence-electron chi connectivity index (χ0n) is 13.6. The van der Waals surface area contributed by atoms with E-state index >= 15 is 0 Å². The molecule has 2 aliphatic rings. The summed E-state index contributed by atoms with van der Waals surface area (Å²) in [4.78, 5) is 19.2. The predicted molar refractivity (Wildman–Crippen MR) is 89.2 cm³/mol. The van der Waals surface area contributed by atoms with Crippen LogP contribution in [0.2, 0.25) is 0 Å². The molecule has 2 fully saturated rings.